The second-order valence-electron chi connectivity index (χ2n) is 6.48. The van der Waals surface area contributed by atoms with Crippen molar-refractivity contribution < 1.29 is 0 Å². The van der Waals surface area contributed by atoms with Crippen molar-refractivity contribution in [2.75, 3.05) is 33.2 Å². The molecule has 0 N–H and O–H groups in total. The van der Waals surface area contributed by atoms with E-state index in [9.17, 15) is 0 Å². The van der Waals surface area contributed by atoms with Gasteiger partial charge in [-0.05, 0) is 52.0 Å². The van der Waals surface area contributed by atoms with Gasteiger partial charge in [-0.1, -0.05) is 66.7 Å². The molecular weight excluding hydrogens is 256 g/mol. The molecule has 0 aromatic carbocycles. The number of likely N-dealkylation sites (tertiary alicyclic amines) is 1. The van der Waals surface area contributed by atoms with E-state index in [0.29, 0.717) is 0 Å². The maximum Gasteiger partial charge on any atom is 0.0116 e. The Balaban J connectivity index is 0.000000377. The molecule has 2 aliphatic rings. The Morgan fingerprint density at radius 1 is 0.905 bits per heavy atom. The smallest absolute Gasteiger partial charge is 0.0116 e. The summed E-state index contributed by atoms with van der Waals surface area (Å²) in [5.41, 5.74) is 0. The van der Waals surface area contributed by atoms with Gasteiger partial charge in [0.25, 0.3) is 0 Å². The van der Waals surface area contributed by atoms with Gasteiger partial charge in [-0.15, -0.1) is 0 Å². The Morgan fingerprint density at radius 3 is 1.76 bits per heavy atom. The van der Waals surface area contributed by atoms with Crippen LogP contribution in [0.5, 0.6) is 0 Å². The van der Waals surface area contributed by atoms with Crippen LogP contribution in [-0.4, -0.2) is 49.1 Å². The molecule has 0 radical (unpaired) electrons. The lowest BCUT2D eigenvalue weighted by molar-refractivity contribution is 0.136. The van der Waals surface area contributed by atoms with Crippen LogP contribution in [0.2, 0.25) is 0 Å². The Morgan fingerprint density at radius 2 is 1.43 bits per heavy atom. The molecule has 0 unspecified atom stereocenters. The average molecular weight is 299 g/mol. The second-order valence-corrected chi connectivity index (χ2v) is 6.48. The maximum atomic E-state index is 2.54. The molecular formula is C19H42N2. The lowest BCUT2D eigenvalue weighted by atomic mass is 9.91. The van der Waals surface area contributed by atoms with Gasteiger partial charge in [-0.25, -0.2) is 0 Å². The standard InChI is InChI=1S/C10H22N2.C7H14.C2H6/c1-4-11(3)10-6-8-12(5-2)9-7-10;1-7-5-3-2-4-6-7;1-2/h10H,4-9H2,1-3H3;7H,2-6H2,1H3;1-2H3. The number of rotatable bonds is 3. The SMILES string of the molecule is CC.CC1CCCCC1.CCN1CCC(N(C)CC)CC1. The fourth-order valence-electron chi connectivity index (χ4n) is 3.24. The van der Waals surface area contributed by atoms with Crippen molar-refractivity contribution in [3.8, 4) is 0 Å². The summed E-state index contributed by atoms with van der Waals surface area (Å²) in [6, 6.07) is 0.845. The van der Waals surface area contributed by atoms with Crippen molar-refractivity contribution in [1.82, 2.24) is 9.80 Å². The maximum absolute atomic E-state index is 2.54. The topological polar surface area (TPSA) is 6.48 Å². The van der Waals surface area contributed by atoms with E-state index in [1.807, 2.05) is 13.8 Å². The highest BCUT2D eigenvalue weighted by atomic mass is 15.2. The summed E-state index contributed by atoms with van der Waals surface area (Å²) < 4.78 is 0. The van der Waals surface area contributed by atoms with E-state index in [1.165, 1.54) is 71.1 Å². The Hall–Kier alpha value is -0.0800. The van der Waals surface area contributed by atoms with Gasteiger partial charge in [0.1, 0.15) is 0 Å². The van der Waals surface area contributed by atoms with Crippen molar-refractivity contribution in [2.45, 2.75) is 85.6 Å². The largest absolute Gasteiger partial charge is 0.304 e. The molecule has 2 rings (SSSR count). The van der Waals surface area contributed by atoms with E-state index in [2.05, 4.69) is 37.6 Å². The number of nitrogens with zero attached hydrogens (tertiary/aromatic N) is 2. The summed E-state index contributed by atoms with van der Waals surface area (Å²) in [7, 11) is 2.24. The third-order valence-corrected chi connectivity index (χ3v) is 5.02. The molecule has 0 amide bonds. The minimum absolute atomic E-state index is 0.845. The molecule has 2 heteroatoms. The second kappa shape index (κ2) is 13.6. The molecule has 21 heavy (non-hydrogen) atoms. The van der Waals surface area contributed by atoms with Crippen molar-refractivity contribution in [3.05, 3.63) is 0 Å². The zero-order valence-electron chi connectivity index (χ0n) is 15.8. The third kappa shape index (κ3) is 9.52. The number of hydrogen-bond acceptors (Lipinski definition) is 2. The molecule has 128 valence electrons. The minimum Gasteiger partial charge on any atom is -0.304 e. The van der Waals surface area contributed by atoms with Crippen LogP contribution in [-0.2, 0) is 0 Å². The van der Waals surface area contributed by atoms with Crippen LogP contribution in [0.1, 0.15) is 79.6 Å². The predicted molar refractivity (Wildman–Crippen MR) is 97.0 cm³/mol. The summed E-state index contributed by atoms with van der Waals surface area (Å²) in [5.74, 6) is 1.04. The van der Waals surface area contributed by atoms with Gasteiger partial charge in [-0.3, -0.25) is 0 Å². The molecule has 1 aliphatic carbocycles. The summed E-state index contributed by atoms with van der Waals surface area (Å²) in [4.78, 5) is 5.02. The van der Waals surface area contributed by atoms with Crippen molar-refractivity contribution >= 4 is 0 Å². The van der Waals surface area contributed by atoms with Gasteiger partial charge in [-0.2, -0.15) is 0 Å². The van der Waals surface area contributed by atoms with Crippen LogP contribution in [0.15, 0.2) is 0 Å². The van der Waals surface area contributed by atoms with Crippen LogP contribution in [0.3, 0.4) is 0 Å². The third-order valence-electron chi connectivity index (χ3n) is 5.02. The molecule has 0 aromatic heterocycles. The van der Waals surface area contributed by atoms with Gasteiger partial charge in [0, 0.05) is 6.04 Å². The van der Waals surface area contributed by atoms with Crippen molar-refractivity contribution in [3.63, 3.8) is 0 Å². The van der Waals surface area contributed by atoms with Crippen LogP contribution < -0.4 is 0 Å². The molecule has 1 saturated carbocycles. The first-order valence-corrected chi connectivity index (χ1v) is 9.59. The monoisotopic (exact) mass is 298 g/mol. The van der Waals surface area contributed by atoms with E-state index in [0.717, 1.165) is 12.0 Å². The van der Waals surface area contributed by atoms with Crippen LogP contribution in [0, 0.1) is 5.92 Å². The molecule has 1 saturated heterocycles. The highest BCUT2D eigenvalue weighted by Gasteiger charge is 2.19. The molecule has 2 fully saturated rings. The van der Waals surface area contributed by atoms with E-state index in [-0.39, 0.29) is 0 Å². The van der Waals surface area contributed by atoms with E-state index in [1.54, 1.807) is 0 Å². The molecule has 0 spiro atoms. The zero-order chi connectivity index (χ0) is 16.1. The molecule has 2 nitrogen and oxygen atoms in total. The Kier molecular flexibility index (Phi) is 13.5. The van der Waals surface area contributed by atoms with Gasteiger partial charge < -0.3 is 9.80 Å². The first-order chi connectivity index (χ1) is 10.2. The summed E-state index contributed by atoms with van der Waals surface area (Å²) in [6.07, 6.45) is 10.2. The highest BCUT2D eigenvalue weighted by molar-refractivity contribution is 4.76. The van der Waals surface area contributed by atoms with Gasteiger partial charge in [0.05, 0.1) is 0 Å². The lowest BCUT2D eigenvalue weighted by Crippen LogP contribution is -2.43. The van der Waals surface area contributed by atoms with Crippen LogP contribution >= 0.6 is 0 Å². The predicted octanol–water partition coefficient (Wildman–Crippen LogP) is 5.04. The van der Waals surface area contributed by atoms with Crippen LogP contribution in [0.4, 0.5) is 0 Å². The van der Waals surface area contributed by atoms with E-state index >= 15 is 0 Å². The molecule has 0 atom stereocenters. The molecule has 0 aromatic rings. The van der Waals surface area contributed by atoms with E-state index in [4.69, 9.17) is 0 Å². The Labute approximate surface area is 135 Å². The summed E-state index contributed by atoms with van der Waals surface area (Å²) >= 11 is 0. The van der Waals surface area contributed by atoms with E-state index < -0.39 is 0 Å². The zero-order valence-corrected chi connectivity index (χ0v) is 15.8. The number of hydrogen-bond donors (Lipinski definition) is 0. The Bertz CT molecular complexity index is 204. The quantitative estimate of drug-likeness (QED) is 0.720. The van der Waals surface area contributed by atoms with Crippen molar-refractivity contribution in [2.24, 2.45) is 5.92 Å². The molecule has 0 bridgehead atoms. The first-order valence-electron chi connectivity index (χ1n) is 9.59. The molecule has 1 heterocycles. The van der Waals surface area contributed by atoms with Gasteiger partial charge >= 0.3 is 0 Å². The van der Waals surface area contributed by atoms with Gasteiger partial charge in [0.15, 0.2) is 0 Å². The van der Waals surface area contributed by atoms with Crippen molar-refractivity contribution in [1.29, 1.82) is 0 Å². The lowest BCUT2D eigenvalue weighted by Gasteiger charge is -2.35. The minimum atomic E-state index is 0.845. The fourth-order valence-corrected chi connectivity index (χ4v) is 3.24. The highest BCUT2D eigenvalue weighted by Crippen LogP contribution is 2.22. The summed E-state index contributed by atoms with van der Waals surface area (Å²) in [6.45, 7) is 15.9. The first kappa shape index (κ1) is 20.9. The average Bonchev–Trinajstić information content (AvgIpc) is 2.57. The molecule has 1 aliphatic heterocycles. The van der Waals surface area contributed by atoms with Crippen LogP contribution in [0.25, 0.3) is 0 Å². The fraction of sp³-hybridized carbons (Fsp3) is 1.00. The summed E-state index contributed by atoms with van der Waals surface area (Å²) in [5, 5.41) is 0. The normalized spacial score (nSPS) is 21.3. The number of piperidine rings is 1. The van der Waals surface area contributed by atoms with Gasteiger partial charge in [0.2, 0.25) is 0 Å².